The highest BCUT2D eigenvalue weighted by molar-refractivity contribution is 5.75. The molecule has 0 aliphatic heterocycles. The molecular weight excluding hydrogens is 248 g/mol. The van der Waals surface area contributed by atoms with Gasteiger partial charge in [0.05, 0.1) is 17.6 Å². The van der Waals surface area contributed by atoms with Crippen LogP contribution in [0.4, 0.5) is 0 Å². The Bertz CT molecular complexity index is 544. The number of hydrogen-bond donors (Lipinski definition) is 1. The van der Waals surface area contributed by atoms with Crippen molar-refractivity contribution in [3.05, 3.63) is 30.1 Å². The molecule has 0 spiro atoms. The quantitative estimate of drug-likeness (QED) is 0.842. The highest BCUT2D eigenvalue weighted by Gasteiger charge is 2.10. The van der Waals surface area contributed by atoms with E-state index in [0.29, 0.717) is 6.04 Å². The van der Waals surface area contributed by atoms with E-state index in [2.05, 4.69) is 60.9 Å². The Balaban J connectivity index is 2.02. The Morgan fingerprint density at radius 2 is 2.05 bits per heavy atom. The summed E-state index contributed by atoms with van der Waals surface area (Å²) in [4.78, 5) is 6.96. The van der Waals surface area contributed by atoms with Crippen LogP contribution in [0, 0.1) is 0 Å². The molecule has 1 N–H and O–H groups in total. The fourth-order valence-electron chi connectivity index (χ4n) is 2.43. The van der Waals surface area contributed by atoms with Crippen molar-refractivity contribution in [2.24, 2.45) is 0 Å². The minimum atomic E-state index is 0.502. The lowest BCUT2D eigenvalue weighted by Gasteiger charge is -2.16. The maximum Gasteiger partial charge on any atom is 0.123 e. The number of para-hydroxylation sites is 2. The van der Waals surface area contributed by atoms with Gasteiger partial charge in [0.25, 0.3) is 0 Å². The predicted molar refractivity (Wildman–Crippen MR) is 84.9 cm³/mol. The molecule has 110 valence electrons. The normalized spacial score (nSPS) is 13.2. The van der Waals surface area contributed by atoms with Crippen LogP contribution in [-0.2, 0) is 13.1 Å². The first-order valence-corrected chi connectivity index (χ1v) is 7.44. The SMILES string of the molecule is CCn1c(CNC(C)CCN(C)C)nc2ccccc21. The molecule has 2 rings (SSSR count). The first kappa shape index (κ1) is 15.0. The van der Waals surface area contributed by atoms with Crippen LogP contribution in [0.25, 0.3) is 11.0 Å². The number of nitrogens with zero attached hydrogens (tertiary/aromatic N) is 3. The van der Waals surface area contributed by atoms with Crippen molar-refractivity contribution in [2.75, 3.05) is 20.6 Å². The molecule has 0 radical (unpaired) electrons. The molecule has 0 saturated heterocycles. The fourth-order valence-corrected chi connectivity index (χ4v) is 2.43. The van der Waals surface area contributed by atoms with Crippen molar-refractivity contribution in [3.63, 3.8) is 0 Å². The zero-order chi connectivity index (χ0) is 14.5. The van der Waals surface area contributed by atoms with Gasteiger partial charge in [-0.05, 0) is 53.0 Å². The summed E-state index contributed by atoms with van der Waals surface area (Å²) in [5, 5.41) is 3.58. The van der Waals surface area contributed by atoms with Gasteiger partial charge in [-0.2, -0.15) is 0 Å². The number of benzene rings is 1. The van der Waals surface area contributed by atoms with Crippen LogP contribution >= 0.6 is 0 Å². The van der Waals surface area contributed by atoms with E-state index in [1.807, 2.05) is 6.07 Å². The van der Waals surface area contributed by atoms with Gasteiger partial charge in [-0.3, -0.25) is 0 Å². The summed E-state index contributed by atoms with van der Waals surface area (Å²) in [5.41, 5.74) is 2.32. The molecule has 1 atom stereocenters. The summed E-state index contributed by atoms with van der Waals surface area (Å²) in [7, 11) is 4.23. The third-order valence-corrected chi connectivity index (χ3v) is 3.67. The molecule has 1 heterocycles. The molecular formula is C16H26N4. The van der Waals surface area contributed by atoms with Gasteiger partial charge in [-0.1, -0.05) is 12.1 Å². The van der Waals surface area contributed by atoms with Crippen molar-refractivity contribution < 1.29 is 0 Å². The first-order chi connectivity index (χ1) is 9.61. The molecule has 0 saturated carbocycles. The molecule has 0 fully saturated rings. The zero-order valence-electron chi connectivity index (χ0n) is 13.1. The Morgan fingerprint density at radius 1 is 1.30 bits per heavy atom. The number of aromatic nitrogens is 2. The summed E-state index contributed by atoms with van der Waals surface area (Å²) in [5.74, 6) is 1.13. The fraction of sp³-hybridized carbons (Fsp3) is 0.562. The van der Waals surface area contributed by atoms with E-state index in [9.17, 15) is 0 Å². The van der Waals surface area contributed by atoms with Crippen LogP contribution < -0.4 is 5.32 Å². The number of hydrogen-bond acceptors (Lipinski definition) is 3. The van der Waals surface area contributed by atoms with Crippen LogP contribution in [0.15, 0.2) is 24.3 Å². The van der Waals surface area contributed by atoms with Gasteiger partial charge < -0.3 is 14.8 Å². The lowest BCUT2D eigenvalue weighted by atomic mass is 10.2. The number of rotatable bonds is 7. The molecule has 4 heteroatoms. The minimum absolute atomic E-state index is 0.502. The van der Waals surface area contributed by atoms with Gasteiger partial charge >= 0.3 is 0 Å². The van der Waals surface area contributed by atoms with Gasteiger partial charge in [0, 0.05) is 12.6 Å². The third-order valence-electron chi connectivity index (χ3n) is 3.67. The van der Waals surface area contributed by atoms with E-state index in [4.69, 9.17) is 4.98 Å². The number of imidazole rings is 1. The number of fused-ring (bicyclic) bond motifs is 1. The van der Waals surface area contributed by atoms with Crippen molar-refractivity contribution in [1.29, 1.82) is 0 Å². The Labute approximate surface area is 121 Å². The maximum atomic E-state index is 4.74. The van der Waals surface area contributed by atoms with Gasteiger partial charge in [0.1, 0.15) is 5.82 Å². The van der Waals surface area contributed by atoms with E-state index in [-0.39, 0.29) is 0 Å². The second-order valence-corrected chi connectivity index (χ2v) is 5.63. The monoisotopic (exact) mass is 274 g/mol. The third kappa shape index (κ3) is 3.58. The average molecular weight is 274 g/mol. The van der Waals surface area contributed by atoms with Gasteiger partial charge in [-0.15, -0.1) is 0 Å². The van der Waals surface area contributed by atoms with E-state index >= 15 is 0 Å². The predicted octanol–water partition coefficient (Wildman–Crippen LogP) is 2.49. The summed E-state index contributed by atoms with van der Waals surface area (Å²) in [6.45, 7) is 7.31. The molecule has 20 heavy (non-hydrogen) atoms. The topological polar surface area (TPSA) is 33.1 Å². The van der Waals surface area contributed by atoms with Crippen molar-refractivity contribution in [3.8, 4) is 0 Å². The first-order valence-electron chi connectivity index (χ1n) is 7.44. The second-order valence-electron chi connectivity index (χ2n) is 5.63. The van der Waals surface area contributed by atoms with Crippen LogP contribution in [0.5, 0.6) is 0 Å². The minimum Gasteiger partial charge on any atom is -0.327 e. The van der Waals surface area contributed by atoms with Crippen molar-refractivity contribution >= 4 is 11.0 Å². The zero-order valence-corrected chi connectivity index (χ0v) is 13.1. The summed E-state index contributed by atoms with van der Waals surface area (Å²) >= 11 is 0. The molecule has 0 aliphatic rings. The van der Waals surface area contributed by atoms with Crippen LogP contribution in [0.3, 0.4) is 0 Å². The summed E-state index contributed by atoms with van der Waals surface area (Å²) in [6.07, 6.45) is 1.15. The molecule has 0 amide bonds. The van der Waals surface area contributed by atoms with Gasteiger partial charge in [0.2, 0.25) is 0 Å². The van der Waals surface area contributed by atoms with E-state index < -0.39 is 0 Å². The number of aryl methyl sites for hydroxylation is 1. The van der Waals surface area contributed by atoms with Crippen LogP contribution in [0.2, 0.25) is 0 Å². The van der Waals surface area contributed by atoms with Crippen molar-refractivity contribution in [1.82, 2.24) is 19.8 Å². The molecule has 4 nitrogen and oxygen atoms in total. The average Bonchev–Trinajstić information content (AvgIpc) is 2.80. The van der Waals surface area contributed by atoms with E-state index in [0.717, 1.165) is 37.4 Å². The van der Waals surface area contributed by atoms with Gasteiger partial charge in [0.15, 0.2) is 0 Å². The Kier molecular flexibility index (Phi) is 5.15. The van der Waals surface area contributed by atoms with Crippen LogP contribution in [-0.4, -0.2) is 41.1 Å². The summed E-state index contributed by atoms with van der Waals surface area (Å²) < 4.78 is 2.29. The Hall–Kier alpha value is -1.39. The van der Waals surface area contributed by atoms with Gasteiger partial charge in [-0.25, -0.2) is 4.98 Å². The molecule has 0 aliphatic carbocycles. The smallest absolute Gasteiger partial charge is 0.123 e. The molecule has 1 aromatic carbocycles. The molecule has 0 bridgehead atoms. The van der Waals surface area contributed by atoms with E-state index in [1.54, 1.807) is 0 Å². The van der Waals surface area contributed by atoms with Crippen LogP contribution in [0.1, 0.15) is 26.1 Å². The largest absolute Gasteiger partial charge is 0.327 e. The summed E-state index contributed by atoms with van der Waals surface area (Å²) in [6, 6.07) is 8.85. The molecule has 2 aromatic rings. The Morgan fingerprint density at radius 3 is 2.75 bits per heavy atom. The molecule has 1 unspecified atom stereocenters. The van der Waals surface area contributed by atoms with Crippen molar-refractivity contribution in [2.45, 2.75) is 39.4 Å². The number of nitrogens with one attached hydrogen (secondary N) is 1. The maximum absolute atomic E-state index is 4.74. The standard InChI is InChI=1S/C16H26N4/c1-5-20-15-9-7-6-8-14(15)18-16(20)12-17-13(2)10-11-19(3)4/h6-9,13,17H,5,10-12H2,1-4H3. The lowest BCUT2D eigenvalue weighted by Crippen LogP contribution is -2.30. The highest BCUT2D eigenvalue weighted by atomic mass is 15.1. The second kappa shape index (κ2) is 6.86. The molecule has 1 aromatic heterocycles. The van der Waals surface area contributed by atoms with E-state index in [1.165, 1.54) is 5.52 Å². The highest BCUT2D eigenvalue weighted by Crippen LogP contribution is 2.15. The lowest BCUT2D eigenvalue weighted by molar-refractivity contribution is 0.363.